The van der Waals surface area contributed by atoms with E-state index in [-0.39, 0.29) is 5.91 Å². The minimum Gasteiger partial charge on any atom is -0.378 e. The summed E-state index contributed by atoms with van der Waals surface area (Å²) in [6, 6.07) is 0. The van der Waals surface area contributed by atoms with Crippen molar-refractivity contribution >= 4 is 17.2 Å². The molecule has 3 rings (SSSR count). The Morgan fingerprint density at radius 2 is 2.32 bits per heavy atom. The van der Waals surface area contributed by atoms with Crippen molar-refractivity contribution < 1.29 is 9.53 Å². The summed E-state index contributed by atoms with van der Waals surface area (Å²) in [7, 11) is 0. The molecular formula is C13H19N3O2S. The number of hydrogen-bond acceptors (Lipinski definition) is 5. The van der Waals surface area contributed by atoms with E-state index in [1.165, 1.54) is 12.8 Å². The van der Waals surface area contributed by atoms with Crippen LogP contribution in [0, 0.1) is 0 Å². The zero-order chi connectivity index (χ0) is 13.1. The van der Waals surface area contributed by atoms with Crippen molar-refractivity contribution in [2.75, 3.05) is 39.4 Å². The largest absolute Gasteiger partial charge is 0.378 e. The van der Waals surface area contributed by atoms with Gasteiger partial charge in [-0.3, -0.25) is 4.79 Å². The maximum absolute atomic E-state index is 12.3. The van der Waals surface area contributed by atoms with E-state index in [4.69, 9.17) is 4.74 Å². The first-order valence-corrected chi connectivity index (χ1v) is 7.76. The van der Waals surface area contributed by atoms with E-state index in [1.807, 2.05) is 10.3 Å². The molecule has 2 aliphatic heterocycles. The third kappa shape index (κ3) is 2.96. The molecule has 0 bridgehead atoms. The van der Waals surface area contributed by atoms with Crippen LogP contribution in [-0.2, 0) is 4.74 Å². The molecule has 1 amide bonds. The minimum absolute atomic E-state index is 0.0505. The van der Waals surface area contributed by atoms with Gasteiger partial charge in [-0.1, -0.05) is 0 Å². The Bertz CT molecular complexity index is 437. The molecule has 0 radical (unpaired) electrons. The average molecular weight is 281 g/mol. The summed E-state index contributed by atoms with van der Waals surface area (Å²) >= 11 is 1.62. The molecule has 1 aromatic rings. The quantitative estimate of drug-likeness (QED) is 0.881. The normalized spacial score (nSPS) is 24.4. The molecule has 3 heterocycles. The van der Waals surface area contributed by atoms with Crippen LogP contribution in [0.4, 0.5) is 0 Å². The first kappa shape index (κ1) is 13.0. The van der Waals surface area contributed by atoms with Gasteiger partial charge in [0.1, 0.15) is 5.69 Å². The summed E-state index contributed by atoms with van der Waals surface area (Å²) < 4.78 is 5.27. The fraction of sp³-hybridized carbons (Fsp3) is 0.692. The molecule has 1 atom stereocenters. The van der Waals surface area contributed by atoms with E-state index in [0.29, 0.717) is 37.9 Å². The lowest BCUT2D eigenvalue weighted by Gasteiger charge is -2.26. The third-order valence-corrected chi connectivity index (χ3v) is 4.69. The van der Waals surface area contributed by atoms with Gasteiger partial charge in [0.15, 0.2) is 0 Å². The van der Waals surface area contributed by atoms with Crippen LogP contribution >= 0.6 is 11.3 Å². The molecule has 1 aromatic heterocycles. The van der Waals surface area contributed by atoms with E-state index in [9.17, 15) is 4.79 Å². The number of nitrogens with zero attached hydrogens (tertiary/aromatic N) is 2. The second-order valence-electron chi connectivity index (χ2n) is 5.02. The van der Waals surface area contributed by atoms with Crippen molar-refractivity contribution in [1.82, 2.24) is 15.2 Å². The van der Waals surface area contributed by atoms with Crippen molar-refractivity contribution in [3.63, 3.8) is 0 Å². The Kier molecular flexibility index (Phi) is 4.10. The molecule has 1 N–H and O–H groups in total. The summed E-state index contributed by atoms with van der Waals surface area (Å²) in [6.07, 6.45) is 2.36. The number of amides is 1. The molecule has 1 unspecified atom stereocenters. The van der Waals surface area contributed by atoms with Crippen LogP contribution in [0.15, 0.2) is 5.38 Å². The molecule has 104 valence electrons. The first-order chi connectivity index (χ1) is 9.34. The van der Waals surface area contributed by atoms with E-state index < -0.39 is 0 Å². The van der Waals surface area contributed by atoms with E-state index in [1.54, 1.807) is 11.3 Å². The van der Waals surface area contributed by atoms with E-state index >= 15 is 0 Å². The Morgan fingerprint density at radius 3 is 3.05 bits per heavy atom. The molecule has 5 nitrogen and oxygen atoms in total. The number of aromatic nitrogens is 1. The monoisotopic (exact) mass is 281 g/mol. The maximum Gasteiger partial charge on any atom is 0.273 e. The Hall–Kier alpha value is -0.980. The lowest BCUT2D eigenvalue weighted by atomic mass is 10.0. The highest BCUT2D eigenvalue weighted by atomic mass is 32.1. The van der Waals surface area contributed by atoms with Gasteiger partial charge in [0, 0.05) is 30.9 Å². The van der Waals surface area contributed by atoms with Gasteiger partial charge in [0.2, 0.25) is 0 Å². The van der Waals surface area contributed by atoms with Crippen molar-refractivity contribution in [2.45, 2.75) is 18.8 Å². The van der Waals surface area contributed by atoms with Crippen LogP contribution in [-0.4, -0.2) is 55.2 Å². The number of carbonyl (C=O) groups is 1. The molecule has 0 spiro atoms. The average Bonchev–Trinajstić information content (AvgIpc) is 2.98. The van der Waals surface area contributed by atoms with Crippen LogP contribution in [0.5, 0.6) is 0 Å². The van der Waals surface area contributed by atoms with Gasteiger partial charge in [-0.25, -0.2) is 4.98 Å². The number of thiazole rings is 1. The van der Waals surface area contributed by atoms with Crippen LogP contribution in [0.1, 0.15) is 34.3 Å². The smallest absolute Gasteiger partial charge is 0.273 e. The molecule has 0 aliphatic carbocycles. The lowest BCUT2D eigenvalue weighted by Crippen LogP contribution is -2.40. The summed E-state index contributed by atoms with van der Waals surface area (Å²) in [4.78, 5) is 18.7. The van der Waals surface area contributed by atoms with Crippen molar-refractivity contribution in [1.29, 1.82) is 0 Å². The van der Waals surface area contributed by atoms with Crippen LogP contribution in [0.25, 0.3) is 0 Å². The van der Waals surface area contributed by atoms with Crippen molar-refractivity contribution in [3.05, 3.63) is 16.1 Å². The molecule has 6 heteroatoms. The second kappa shape index (κ2) is 5.98. The number of piperidine rings is 1. The Labute approximate surface area is 117 Å². The van der Waals surface area contributed by atoms with Gasteiger partial charge in [-0.15, -0.1) is 11.3 Å². The van der Waals surface area contributed by atoms with E-state index in [2.05, 4.69) is 10.3 Å². The van der Waals surface area contributed by atoms with Crippen molar-refractivity contribution in [3.8, 4) is 0 Å². The van der Waals surface area contributed by atoms with E-state index in [0.717, 1.165) is 18.1 Å². The Morgan fingerprint density at radius 1 is 1.47 bits per heavy atom. The summed E-state index contributed by atoms with van der Waals surface area (Å²) in [6.45, 7) is 4.71. The summed E-state index contributed by atoms with van der Waals surface area (Å²) in [5, 5.41) is 6.40. The number of carbonyl (C=O) groups excluding carboxylic acids is 1. The molecule has 2 aliphatic rings. The fourth-order valence-electron chi connectivity index (χ4n) is 2.56. The SMILES string of the molecule is O=C(c1csc(C2CCCNC2)n1)N1CCOCC1. The summed E-state index contributed by atoms with van der Waals surface area (Å²) in [5.74, 6) is 0.527. The predicted molar refractivity (Wildman–Crippen MR) is 73.7 cm³/mol. The first-order valence-electron chi connectivity index (χ1n) is 6.88. The number of rotatable bonds is 2. The molecule has 19 heavy (non-hydrogen) atoms. The van der Waals surface area contributed by atoms with Gasteiger partial charge in [-0.2, -0.15) is 0 Å². The number of hydrogen-bond donors (Lipinski definition) is 1. The van der Waals surface area contributed by atoms with Crippen LogP contribution in [0.2, 0.25) is 0 Å². The van der Waals surface area contributed by atoms with Gasteiger partial charge in [-0.05, 0) is 19.4 Å². The highest BCUT2D eigenvalue weighted by Gasteiger charge is 2.23. The van der Waals surface area contributed by atoms with Gasteiger partial charge < -0.3 is 15.0 Å². The molecule has 0 saturated carbocycles. The third-order valence-electron chi connectivity index (χ3n) is 3.69. The second-order valence-corrected chi connectivity index (χ2v) is 5.91. The number of morpholine rings is 1. The molecule has 2 saturated heterocycles. The minimum atomic E-state index is 0.0505. The fourth-order valence-corrected chi connectivity index (χ4v) is 3.49. The van der Waals surface area contributed by atoms with Gasteiger partial charge in [0.25, 0.3) is 5.91 Å². The maximum atomic E-state index is 12.3. The lowest BCUT2D eigenvalue weighted by molar-refractivity contribution is 0.0299. The van der Waals surface area contributed by atoms with Crippen molar-refractivity contribution in [2.24, 2.45) is 0 Å². The Balaban J connectivity index is 1.67. The molecular weight excluding hydrogens is 262 g/mol. The standard InChI is InChI=1S/C13H19N3O2S/c17-13(16-4-6-18-7-5-16)11-9-19-12(15-11)10-2-1-3-14-8-10/h9-10,14H,1-8H2. The summed E-state index contributed by atoms with van der Waals surface area (Å²) in [5.41, 5.74) is 0.604. The van der Waals surface area contributed by atoms with Gasteiger partial charge in [0.05, 0.1) is 18.2 Å². The topological polar surface area (TPSA) is 54.5 Å². The zero-order valence-corrected chi connectivity index (χ0v) is 11.7. The van der Waals surface area contributed by atoms with Crippen LogP contribution in [0.3, 0.4) is 0 Å². The number of nitrogens with one attached hydrogen (secondary N) is 1. The molecule has 0 aromatic carbocycles. The molecule has 2 fully saturated rings. The highest BCUT2D eigenvalue weighted by molar-refractivity contribution is 7.09. The predicted octanol–water partition coefficient (Wildman–Crippen LogP) is 1.08. The zero-order valence-electron chi connectivity index (χ0n) is 10.9. The highest BCUT2D eigenvalue weighted by Crippen LogP contribution is 2.26. The number of ether oxygens (including phenoxy) is 1. The van der Waals surface area contributed by atoms with Crippen LogP contribution < -0.4 is 5.32 Å². The van der Waals surface area contributed by atoms with Gasteiger partial charge >= 0.3 is 0 Å².